The zero-order valence-corrected chi connectivity index (χ0v) is 21.1. The van der Waals surface area contributed by atoms with Gasteiger partial charge in [0.05, 0.1) is 34.0 Å². The molecule has 7 nitrogen and oxygen atoms in total. The lowest BCUT2D eigenvalue weighted by atomic mass is 9.71. The van der Waals surface area contributed by atoms with Gasteiger partial charge in [-0.05, 0) is 48.6 Å². The van der Waals surface area contributed by atoms with Crippen LogP contribution in [0.5, 0.6) is 17.2 Å². The quantitative estimate of drug-likeness (QED) is 0.568. The smallest absolute Gasteiger partial charge is 0.336 e. The lowest BCUT2D eigenvalue weighted by molar-refractivity contribution is -0.136. The molecule has 0 amide bonds. The lowest BCUT2D eigenvalue weighted by Gasteiger charge is -2.37. The molecule has 0 radical (unpaired) electrons. The van der Waals surface area contributed by atoms with E-state index in [1.807, 2.05) is 31.2 Å². The molecule has 2 aliphatic rings. The van der Waals surface area contributed by atoms with Crippen LogP contribution in [0.25, 0.3) is 0 Å². The summed E-state index contributed by atoms with van der Waals surface area (Å²) >= 11 is 6.45. The Bertz CT molecular complexity index is 1220. The molecule has 0 spiro atoms. The van der Waals surface area contributed by atoms with Crippen LogP contribution in [0.15, 0.2) is 58.9 Å². The Morgan fingerprint density at radius 1 is 1.00 bits per heavy atom. The van der Waals surface area contributed by atoms with Gasteiger partial charge >= 0.3 is 5.97 Å². The molecular formula is C27H28ClNO6. The van der Waals surface area contributed by atoms with Crippen molar-refractivity contribution >= 4 is 23.4 Å². The predicted molar refractivity (Wildman–Crippen MR) is 132 cm³/mol. The fourth-order valence-corrected chi connectivity index (χ4v) is 5.34. The minimum absolute atomic E-state index is 0.0590. The Morgan fingerprint density at radius 3 is 2.23 bits per heavy atom. The minimum Gasteiger partial charge on any atom is -0.493 e. The molecule has 2 aromatic carbocycles. The number of methoxy groups -OCH3 is 4. The van der Waals surface area contributed by atoms with Crippen LogP contribution in [0.1, 0.15) is 42.7 Å². The van der Waals surface area contributed by atoms with E-state index >= 15 is 0 Å². The highest BCUT2D eigenvalue weighted by Gasteiger charge is 2.42. The van der Waals surface area contributed by atoms with E-state index in [0.717, 1.165) is 11.3 Å². The summed E-state index contributed by atoms with van der Waals surface area (Å²) in [6.45, 7) is 1.81. The van der Waals surface area contributed by atoms with Crippen molar-refractivity contribution in [2.24, 2.45) is 0 Å². The lowest BCUT2D eigenvalue weighted by Crippen LogP contribution is -2.36. The van der Waals surface area contributed by atoms with Gasteiger partial charge < -0.3 is 24.3 Å². The van der Waals surface area contributed by atoms with Gasteiger partial charge in [-0.2, -0.15) is 0 Å². The Hall–Kier alpha value is -3.45. The van der Waals surface area contributed by atoms with E-state index in [-0.39, 0.29) is 18.1 Å². The third-order valence-corrected chi connectivity index (χ3v) is 6.94. The summed E-state index contributed by atoms with van der Waals surface area (Å²) < 4.78 is 21.7. The largest absolute Gasteiger partial charge is 0.493 e. The number of hydrogen-bond acceptors (Lipinski definition) is 7. The molecule has 0 fully saturated rings. The van der Waals surface area contributed by atoms with Crippen molar-refractivity contribution in [3.63, 3.8) is 0 Å². The maximum atomic E-state index is 13.7. The fraction of sp³-hybridized carbons (Fsp3) is 0.333. The molecular weight excluding hydrogens is 470 g/mol. The summed E-state index contributed by atoms with van der Waals surface area (Å²) in [6, 6.07) is 11.1. The molecule has 1 aliphatic carbocycles. The molecule has 2 atom stereocenters. The molecule has 0 saturated carbocycles. The fourth-order valence-electron chi connectivity index (χ4n) is 5.05. The summed E-state index contributed by atoms with van der Waals surface area (Å²) in [7, 11) is 5.90. The van der Waals surface area contributed by atoms with Crippen LogP contribution < -0.4 is 19.5 Å². The highest BCUT2D eigenvalue weighted by molar-refractivity contribution is 6.31. The van der Waals surface area contributed by atoms with Crippen molar-refractivity contribution in [2.75, 3.05) is 28.4 Å². The first-order valence-electron chi connectivity index (χ1n) is 11.2. The molecule has 0 unspecified atom stereocenters. The molecule has 0 saturated heterocycles. The predicted octanol–water partition coefficient (Wildman–Crippen LogP) is 4.90. The van der Waals surface area contributed by atoms with Crippen molar-refractivity contribution in [2.45, 2.75) is 31.6 Å². The summed E-state index contributed by atoms with van der Waals surface area (Å²) in [5, 5.41) is 3.95. The molecule has 35 heavy (non-hydrogen) atoms. The minimum atomic E-state index is -0.660. The van der Waals surface area contributed by atoms with E-state index in [1.165, 1.54) is 28.4 Å². The maximum Gasteiger partial charge on any atom is 0.336 e. The third-order valence-electron chi connectivity index (χ3n) is 6.60. The van der Waals surface area contributed by atoms with Crippen molar-refractivity contribution in [3.8, 4) is 17.2 Å². The highest BCUT2D eigenvalue weighted by atomic mass is 35.5. The Labute approximate surface area is 209 Å². The molecule has 4 rings (SSSR count). The molecule has 0 aromatic heterocycles. The van der Waals surface area contributed by atoms with Gasteiger partial charge in [0.1, 0.15) is 0 Å². The Morgan fingerprint density at radius 2 is 1.66 bits per heavy atom. The number of dihydropyridines is 1. The van der Waals surface area contributed by atoms with Gasteiger partial charge in [0, 0.05) is 34.3 Å². The third kappa shape index (κ3) is 4.36. The van der Waals surface area contributed by atoms with Crippen LogP contribution in [-0.4, -0.2) is 40.2 Å². The van der Waals surface area contributed by atoms with Crippen LogP contribution in [-0.2, 0) is 14.3 Å². The number of ketones is 1. The molecule has 1 N–H and O–H groups in total. The van der Waals surface area contributed by atoms with Crippen molar-refractivity contribution in [3.05, 3.63) is 75.1 Å². The topological polar surface area (TPSA) is 83.1 Å². The number of halogens is 1. The Balaban J connectivity index is 1.89. The average molecular weight is 498 g/mol. The van der Waals surface area contributed by atoms with Crippen LogP contribution >= 0.6 is 11.6 Å². The second-order valence-corrected chi connectivity index (χ2v) is 8.90. The van der Waals surface area contributed by atoms with E-state index in [1.54, 1.807) is 12.1 Å². The van der Waals surface area contributed by atoms with Gasteiger partial charge in [-0.15, -0.1) is 0 Å². The standard InChI is InChI=1S/C27H28ClNO6/c1-14-23(27(31)35-5)24(16-12-21(32-2)26(34-4)22(13-16)33-3)25-19(29-14)10-15(11-20(25)30)17-8-6-7-9-18(17)28/h6-9,12-13,15,24,29H,10-11H2,1-5H3/t15-,24-/m1/s1. The molecule has 184 valence electrons. The van der Waals surface area contributed by atoms with Crippen LogP contribution in [0.2, 0.25) is 5.02 Å². The average Bonchev–Trinajstić information content (AvgIpc) is 2.86. The molecule has 8 heteroatoms. The zero-order chi connectivity index (χ0) is 25.3. The number of rotatable bonds is 6. The van der Waals surface area contributed by atoms with Crippen LogP contribution in [0.3, 0.4) is 0 Å². The van der Waals surface area contributed by atoms with E-state index in [2.05, 4.69) is 5.32 Å². The van der Waals surface area contributed by atoms with Gasteiger partial charge in [0.2, 0.25) is 5.75 Å². The van der Waals surface area contributed by atoms with E-state index in [0.29, 0.717) is 51.1 Å². The van der Waals surface area contributed by atoms with Crippen LogP contribution in [0, 0.1) is 0 Å². The second kappa shape index (κ2) is 10.0. The normalized spacial score (nSPS) is 19.7. The maximum absolute atomic E-state index is 13.7. The zero-order valence-electron chi connectivity index (χ0n) is 20.4. The number of allylic oxidation sites excluding steroid dienone is 3. The SMILES string of the molecule is COC(=O)C1=C(C)NC2=C(C(=O)C[C@H](c3ccccc3Cl)C2)[C@@H]1c1cc(OC)c(OC)c(OC)c1. The number of Topliss-reactive ketones (excluding diaryl/α,β-unsaturated/α-hetero) is 1. The van der Waals surface area contributed by atoms with E-state index in [4.69, 9.17) is 30.5 Å². The van der Waals surface area contributed by atoms with Gasteiger partial charge in [0.15, 0.2) is 17.3 Å². The number of nitrogens with one attached hydrogen (secondary N) is 1. The van der Waals surface area contributed by atoms with Gasteiger partial charge in [0.25, 0.3) is 0 Å². The summed E-state index contributed by atoms with van der Waals surface area (Å²) in [5.74, 6) is -0.0144. The molecule has 1 heterocycles. The van der Waals surface area contributed by atoms with Gasteiger partial charge in [-0.25, -0.2) is 4.79 Å². The number of hydrogen-bond donors (Lipinski definition) is 1. The molecule has 2 aromatic rings. The number of esters is 1. The summed E-state index contributed by atoms with van der Waals surface area (Å²) in [5.41, 5.74) is 3.90. The monoisotopic (exact) mass is 497 g/mol. The van der Waals surface area contributed by atoms with Crippen molar-refractivity contribution in [1.82, 2.24) is 5.32 Å². The van der Waals surface area contributed by atoms with Crippen molar-refractivity contribution in [1.29, 1.82) is 0 Å². The number of ether oxygens (including phenoxy) is 4. The second-order valence-electron chi connectivity index (χ2n) is 8.49. The summed E-state index contributed by atoms with van der Waals surface area (Å²) in [4.78, 5) is 26.6. The van der Waals surface area contributed by atoms with Crippen LogP contribution in [0.4, 0.5) is 0 Å². The van der Waals surface area contributed by atoms with E-state index < -0.39 is 11.9 Å². The first kappa shape index (κ1) is 24.7. The van der Waals surface area contributed by atoms with E-state index in [9.17, 15) is 9.59 Å². The first-order chi connectivity index (χ1) is 16.8. The Kier molecular flexibility index (Phi) is 7.08. The summed E-state index contributed by atoms with van der Waals surface area (Å²) in [6.07, 6.45) is 0.857. The first-order valence-corrected chi connectivity index (χ1v) is 11.6. The number of carbonyl (C=O) groups is 2. The number of carbonyl (C=O) groups excluding carboxylic acids is 2. The highest BCUT2D eigenvalue weighted by Crippen LogP contribution is 2.49. The van der Waals surface area contributed by atoms with Gasteiger partial charge in [-0.3, -0.25) is 4.79 Å². The number of benzene rings is 2. The van der Waals surface area contributed by atoms with Crippen molar-refractivity contribution < 1.29 is 28.5 Å². The molecule has 0 bridgehead atoms. The molecule has 1 aliphatic heterocycles. The van der Waals surface area contributed by atoms with Gasteiger partial charge in [-0.1, -0.05) is 29.8 Å².